The Hall–Kier alpha value is -1.10. The van der Waals surface area contributed by atoms with Crippen molar-refractivity contribution in [3.05, 3.63) is 38.9 Å². The molecule has 100 valence electrons. The third-order valence-electron chi connectivity index (χ3n) is 3.49. The van der Waals surface area contributed by atoms with Gasteiger partial charge in [-0.3, -0.25) is 9.36 Å². The van der Waals surface area contributed by atoms with Gasteiger partial charge in [-0.25, -0.2) is 4.98 Å². The van der Waals surface area contributed by atoms with E-state index in [0.717, 1.165) is 25.9 Å². The Morgan fingerprint density at radius 2 is 2.00 bits per heavy atom. The Labute approximate surface area is 120 Å². The van der Waals surface area contributed by atoms with Crippen molar-refractivity contribution in [1.29, 1.82) is 0 Å². The molecule has 0 saturated carbocycles. The minimum absolute atomic E-state index is 0.0847. The van der Waals surface area contributed by atoms with E-state index < -0.39 is 0 Å². The minimum atomic E-state index is -0.0847. The summed E-state index contributed by atoms with van der Waals surface area (Å²) in [5, 5.41) is 4.63. The maximum Gasteiger partial charge on any atom is 0.262 e. The van der Waals surface area contributed by atoms with Crippen LogP contribution in [0.15, 0.2) is 23.0 Å². The molecule has 1 aromatic heterocycles. The van der Waals surface area contributed by atoms with Gasteiger partial charge in [0.15, 0.2) is 0 Å². The van der Waals surface area contributed by atoms with E-state index in [4.69, 9.17) is 23.2 Å². The second kappa shape index (κ2) is 5.12. The highest BCUT2D eigenvalue weighted by molar-refractivity contribution is 6.31. The number of halogens is 2. The first-order chi connectivity index (χ1) is 9.16. The van der Waals surface area contributed by atoms with Gasteiger partial charge in [-0.1, -0.05) is 11.6 Å². The summed E-state index contributed by atoms with van der Waals surface area (Å²) in [5.41, 5.74) is 0.464. The molecule has 0 aliphatic carbocycles. The molecule has 4 nitrogen and oxygen atoms in total. The minimum Gasteiger partial charge on any atom is -0.317 e. The molecule has 6 heteroatoms. The average Bonchev–Trinajstić information content (AvgIpc) is 2.39. The van der Waals surface area contributed by atoms with Crippen LogP contribution in [0.4, 0.5) is 0 Å². The van der Waals surface area contributed by atoms with Crippen LogP contribution < -0.4 is 10.9 Å². The third-order valence-corrected chi connectivity index (χ3v) is 4.00. The second-order valence-corrected chi connectivity index (χ2v) is 5.47. The largest absolute Gasteiger partial charge is 0.317 e. The number of nitrogens with zero attached hydrogens (tertiary/aromatic N) is 2. The van der Waals surface area contributed by atoms with Gasteiger partial charge in [-0.2, -0.15) is 0 Å². The van der Waals surface area contributed by atoms with Gasteiger partial charge in [0.1, 0.15) is 0 Å². The maximum absolute atomic E-state index is 12.5. The monoisotopic (exact) mass is 297 g/mol. The Bertz CT molecular complexity index is 677. The first-order valence-corrected chi connectivity index (χ1v) is 7.00. The fourth-order valence-electron chi connectivity index (χ4n) is 2.53. The maximum atomic E-state index is 12.5. The summed E-state index contributed by atoms with van der Waals surface area (Å²) in [6.07, 6.45) is 1.78. The molecule has 0 radical (unpaired) electrons. The summed E-state index contributed by atoms with van der Waals surface area (Å²) in [6.45, 7) is 1.79. The molecule has 1 saturated heterocycles. The van der Waals surface area contributed by atoms with Crippen molar-refractivity contribution in [3.63, 3.8) is 0 Å². The molecule has 1 N–H and O–H groups in total. The van der Waals surface area contributed by atoms with Crippen molar-refractivity contribution in [2.24, 2.45) is 0 Å². The molecule has 1 aromatic carbocycles. The third kappa shape index (κ3) is 2.36. The summed E-state index contributed by atoms with van der Waals surface area (Å²) in [6, 6.07) is 5.19. The van der Waals surface area contributed by atoms with Gasteiger partial charge in [0.25, 0.3) is 5.56 Å². The molecule has 0 bridgehead atoms. The van der Waals surface area contributed by atoms with Gasteiger partial charge in [0.2, 0.25) is 5.28 Å². The van der Waals surface area contributed by atoms with Crippen molar-refractivity contribution in [2.45, 2.75) is 18.9 Å². The summed E-state index contributed by atoms with van der Waals surface area (Å²) in [4.78, 5) is 16.8. The van der Waals surface area contributed by atoms with Gasteiger partial charge in [0.05, 0.1) is 10.9 Å². The topological polar surface area (TPSA) is 46.9 Å². The predicted molar refractivity (Wildman–Crippen MR) is 77.2 cm³/mol. The van der Waals surface area contributed by atoms with Crippen molar-refractivity contribution in [1.82, 2.24) is 14.9 Å². The number of hydrogen-bond acceptors (Lipinski definition) is 3. The molecular weight excluding hydrogens is 285 g/mol. The van der Waals surface area contributed by atoms with Crippen LogP contribution in [-0.2, 0) is 0 Å². The fourth-order valence-corrected chi connectivity index (χ4v) is 3.00. The Kier molecular flexibility index (Phi) is 3.48. The van der Waals surface area contributed by atoms with Crippen LogP contribution in [0.1, 0.15) is 18.9 Å². The van der Waals surface area contributed by atoms with Gasteiger partial charge < -0.3 is 5.32 Å². The first kappa shape index (κ1) is 12.9. The Balaban J connectivity index is 2.19. The molecule has 19 heavy (non-hydrogen) atoms. The zero-order valence-electron chi connectivity index (χ0n) is 10.2. The van der Waals surface area contributed by atoms with Gasteiger partial charge >= 0.3 is 0 Å². The zero-order valence-corrected chi connectivity index (χ0v) is 11.7. The molecule has 2 aromatic rings. The van der Waals surface area contributed by atoms with E-state index in [9.17, 15) is 4.79 Å². The van der Waals surface area contributed by atoms with E-state index in [0.29, 0.717) is 15.9 Å². The van der Waals surface area contributed by atoms with E-state index in [1.54, 1.807) is 22.8 Å². The number of fused-ring (bicyclic) bond motifs is 1. The lowest BCUT2D eigenvalue weighted by Crippen LogP contribution is -2.35. The van der Waals surface area contributed by atoms with Crippen molar-refractivity contribution in [2.75, 3.05) is 13.1 Å². The van der Waals surface area contributed by atoms with Crippen LogP contribution in [0.5, 0.6) is 0 Å². The zero-order chi connectivity index (χ0) is 13.4. The molecule has 0 amide bonds. The van der Waals surface area contributed by atoms with Crippen LogP contribution >= 0.6 is 23.2 Å². The highest BCUT2D eigenvalue weighted by Crippen LogP contribution is 2.23. The van der Waals surface area contributed by atoms with E-state index in [-0.39, 0.29) is 16.9 Å². The van der Waals surface area contributed by atoms with E-state index in [1.807, 2.05) is 0 Å². The van der Waals surface area contributed by atoms with Crippen LogP contribution in [0.3, 0.4) is 0 Å². The summed E-state index contributed by atoms with van der Waals surface area (Å²) >= 11 is 12.1. The lowest BCUT2D eigenvalue weighted by atomic mass is 10.1. The SMILES string of the molecule is O=c1c2ccc(Cl)cc2nc(Cl)n1C1CCNCC1. The van der Waals surface area contributed by atoms with E-state index >= 15 is 0 Å². The molecule has 0 unspecified atom stereocenters. The molecule has 1 fully saturated rings. The Morgan fingerprint density at radius 1 is 1.26 bits per heavy atom. The van der Waals surface area contributed by atoms with E-state index in [1.165, 1.54) is 0 Å². The summed E-state index contributed by atoms with van der Waals surface area (Å²) in [5.74, 6) is 0. The molecule has 0 spiro atoms. The number of nitrogens with one attached hydrogen (secondary N) is 1. The molecule has 0 atom stereocenters. The smallest absolute Gasteiger partial charge is 0.262 e. The fraction of sp³-hybridized carbons (Fsp3) is 0.385. The van der Waals surface area contributed by atoms with Crippen molar-refractivity contribution >= 4 is 34.1 Å². The highest BCUT2D eigenvalue weighted by Gasteiger charge is 2.20. The Morgan fingerprint density at radius 3 is 2.74 bits per heavy atom. The van der Waals surface area contributed by atoms with Gasteiger partial charge in [-0.05, 0) is 55.7 Å². The van der Waals surface area contributed by atoms with Crippen LogP contribution in [0.25, 0.3) is 10.9 Å². The lowest BCUT2D eigenvalue weighted by molar-refractivity contribution is 0.360. The first-order valence-electron chi connectivity index (χ1n) is 6.25. The highest BCUT2D eigenvalue weighted by atomic mass is 35.5. The second-order valence-electron chi connectivity index (χ2n) is 4.70. The number of aromatic nitrogens is 2. The molecule has 3 rings (SSSR count). The van der Waals surface area contributed by atoms with E-state index in [2.05, 4.69) is 10.3 Å². The standard InChI is InChI=1S/C13H13Cl2N3O/c14-8-1-2-10-11(7-8)17-13(15)18(12(10)19)9-3-5-16-6-4-9/h1-2,7,9,16H,3-6H2. The number of hydrogen-bond donors (Lipinski definition) is 1. The lowest BCUT2D eigenvalue weighted by Gasteiger charge is -2.25. The van der Waals surface area contributed by atoms with Gasteiger partial charge in [0, 0.05) is 11.1 Å². The van der Waals surface area contributed by atoms with Crippen LogP contribution in [0, 0.1) is 0 Å². The van der Waals surface area contributed by atoms with Crippen LogP contribution in [-0.4, -0.2) is 22.6 Å². The normalized spacial score (nSPS) is 16.9. The van der Waals surface area contributed by atoms with Crippen molar-refractivity contribution in [3.8, 4) is 0 Å². The number of piperidine rings is 1. The summed E-state index contributed by atoms with van der Waals surface area (Å²) < 4.78 is 1.61. The quantitative estimate of drug-likeness (QED) is 0.823. The van der Waals surface area contributed by atoms with Crippen molar-refractivity contribution < 1.29 is 0 Å². The summed E-state index contributed by atoms with van der Waals surface area (Å²) in [7, 11) is 0. The average molecular weight is 298 g/mol. The van der Waals surface area contributed by atoms with Crippen LogP contribution in [0.2, 0.25) is 10.3 Å². The molecule has 2 heterocycles. The van der Waals surface area contributed by atoms with Gasteiger partial charge in [-0.15, -0.1) is 0 Å². The molecule has 1 aliphatic heterocycles. The molecule has 1 aliphatic rings. The molecular formula is C13H13Cl2N3O. The predicted octanol–water partition coefficient (Wildman–Crippen LogP) is 2.63. The number of rotatable bonds is 1. The number of benzene rings is 1.